The zero-order chi connectivity index (χ0) is 14.7. The van der Waals surface area contributed by atoms with E-state index in [0.29, 0.717) is 17.8 Å². The van der Waals surface area contributed by atoms with E-state index >= 15 is 0 Å². The van der Waals surface area contributed by atoms with Crippen LogP contribution in [-0.4, -0.2) is 5.91 Å². The Balaban J connectivity index is 2.10. The number of benzene rings is 2. The van der Waals surface area contributed by atoms with Crippen LogP contribution in [0, 0.1) is 13.8 Å². The van der Waals surface area contributed by atoms with Crippen LogP contribution >= 0.6 is 15.9 Å². The van der Waals surface area contributed by atoms with E-state index in [0.717, 1.165) is 21.2 Å². The lowest BCUT2D eigenvalue weighted by Crippen LogP contribution is -2.16. The number of anilines is 2. The predicted octanol–water partition coefficient (Wildman–Crippen LogP) is 3.83. The number of nitrogen functional groups attached to an aromatic ring is 1. The maximum atomic E-state index is 12.1. The summed E-state index contributed by atoms with van der Waals surface area (Å²) in [6.07, 6.45) is 0.333. The van der Waals surface area contributed by atoms with Gasteiger partial charge in [-0.1, -0.05) is 34.1 Å². The summed E-state index contributed by atoms with van der Waals surface area (Å²) < 4.78 is 1.00. The van der Waals surface area contributed by atoms with Crippen LogP contribution in [0.3, 0.4) is 0 Å². The first-order valence-electron chi connectivity index (χ1n) is 6.36. The van der Waals surface area contributed by atoms with Gasteiger partial charge in [0.2, 0.25) is 5.91 Å². The number of hydrogen-bond acceptors (Lipinski definition) is 2. The summed E-state index contributed by atoms with van der Waals surface area (Å²) in [5.41, 5.74) is 10.3. The number of nitrogens with one attached hydrogen (secondary N) is 1. The molecule has 3 N–H and O–H groups in total. The van der Waals surface area contributed by atoms with Crippen molar-refractivity contribution < 1.29 is 4.79 Å². The molecule has 3 nitrogen and oxygen atoms in total. The molecule has 104 valence electrons. The molecular formula is C16H17BrN2O. The highest BCUT2D eigenvalue weighted by Gasteiger charge is 2.09. The minimum absolute atomic E-state index is 0.0639. The van der Waals surface area contributed by atoms with Gasteiger partial charge in [-0.3, -0.25) is 4.79 Å². The molecule has 0 radical (unpaired) electrons. The van der Waals surface area contributed by atoms with E-state index in [-0.39, 0.29) is 5.91 Å². The van der Waals surface area contributed by atoms with Crippen LogP contribution in [-0.2, 0) is 11.2 Å². The molecule has 0 atom stereocenters. The summed E-state index contributed by atoms with van der Waals surface area (Å²) in [4.78, 5) is 12.1. The van der Waals surface area contributed by atoms with Crippen molar-refractivity contribution >= 4 is 33.2 Å². The van der Waals surface area contributed by atoms with E-state index in [1.807, 2.05) is 50.2 Å². The molecule has 4 heteroatoms. The normalized spacial score (nSPS) is 10.3. The average molecular weight is 333 g/mol. The van der Waals surface area contributed by atoms with E-state index in [1.165, 1.54) is 0 Å². The first-order chi connectivity index (χ1) is 9.45. The van der Waals surface area contributed by atoms with Gasteiger partial charge in [0.15, 0.2) is 0 Å². The quantitative estimate of drug-likeness (QED) is 0.839. The highest BCUT2D eigenvalue weighted by atomic mass is 79.9. The SMILES string of the molecule is Cc1cc(C)c(NC(=O)Cc2ccc(Br)cc2)c(N)c1. The number of nitrogens with two attached hydrogens (primary N) is 1. The lowest BCUT2D eigenvalue weighted by Gasteiger charge is -2.12. The Labute approximate surface area is 127 Å². The fourth-order valence-electron chi connectivity index (χ4n) is 2.14. The molecule has 0 bridgehead atoms. The minimum atomic E-state index is -0.0639. The number of rotatable bonds is 3. The van der Waals surface area contributed by atoms with Crippen LogP contribution in [0.15, 0.2) is 40.9 Å². The van der Waals surface area contributed by atoms with Crippen LogP contribution in [0.2, 0.25) is 0 Å². The third-order valence-corrected chi connectivity index (χ3v) is 3.58. The van der Waals surface area contributed by atoms with Gasteiger partial charge in [-0.05, 0) is 48.7 Å². The summed E-state index contributed by atoms with van der Waals surface area (Å²) in [5.74, 6) is -0.0639. The third-order valence-electron chi connectivity index (χ3n) is 3.05. The molecule has 0 unspecified atom stereocenters. The van der Waals surface area contributed by atoms with Crippen molar-refractivity contribution in [3.05, 3.63) is 57.6 Å². The average Bonchev–Trinajstić information content (AvgIpc) is 2.36. The van der Waals surface area contributed by atoms with Gasteiger partial charge in [-0.2, -0.15) is 0 Å². The number of amides is 1. The second kappa shape index (κ2) is 6.09. The lowest BCUT2D eigenvalue weighted by molar-refractivity contribution is -0.115. The van der Waals surface area contributed by atoms with Crippen molar-refractivity contribution in [1.29, 1.82) is 0 Å². The van der Waals surface area contributed by atoms with Gasteiger partial charge >= 0.3 is 0 Å². The summed E-state index contributed by atoms with van der Waals surface area (Å²) in [6, 6.07) is 11.6. The van der Waals surface area contributed by atoms with Gasteiger partial charge in [0.05, 0.1) is 17.8 Å². The first kappa shape index (κ1) is 14.6. The van der Waals surface area contributed by atoms with Crippen LogP contribution in [0.5, 0.6) is 0 Å². The van der Waals surface area contributed by atoms with Gasteiger partial charge in [0, 0.05) is 4.47 Å². The number of halogens is 1. The summed E-state index contributed by atoms with van der Waals surface area (Å²) in [7, 11) is 0. The molecule has 0 saturated carbocycles. The largest absolute Gasteiger partial charge is 0.397 e. The van der Waals surface area contributed by atoms with Crippen molar-refractivity contribution in [2.45, 2.75) is 20.3 Å². The topological polar surface area (TPSA) is 55.1 Å². The van der Waals surface area contributed by atoms with Crippen LogP contribution in [0.25, 0.3) is 0 Å². The highest BCUT2D eigenvalue weighted by Crippen LogP contribution is 2.25. The Kier molecular flexibility index (Phi) is 4.45. The zero-order valence-electron chi connectivity index (χ0n) is 11.5. The van der Waals surface area contributed by atoms with Crippen LogP contribution in [0.1, 0.15) is 16.7 Å². The molecule has 0 aromatic heterocycles. The first-order valence-corrected chi connectivity index (χ1v) is 7.16. The number of hydrogen-bond donors (Lipinski definition) is 2. The van der Waals surface area contributed by atoms with Crippen molar-refractivity contribution in [2.75, 3.05) is 11.1 Å². The smallest absolute Gasteiger partial charge is 0.228 e. The van der Waals surface area contributed by atoms with Crippen molar-refractivity contribution in [1.82, 2.24) is 0 Å². The number of carbonyl (C=O) groups is 1. The Hall–Kier alpha value is -1.81. The lowest BCUT2D eigenvalue weighted by atomic mass is 10.1. The maximum Gasteiger partial charge on any atom is 0.228 e. The molecule has 0 saturated heterocycles. The molecule has 0 fully saturated rings. The molecule has 0 aliphatic heterocycles. The summed E-state index contributed by atoms with van der Waals surface area (Å²) in [5, 5.41) is 2.89. The predicted molar refractivity (Wildman–Crippen MR) is 86.8 cm³/mol. The van der Waals surface area contributed by atoms with Crippen molar-refractivity contribution in [3.8, 4) is 0 Å². The Bertz CT molecular complexity index is 612. The fourth-order valence-corrected chi connectivity index (χ4v) is 2.41. The molecule has 0 aliphatic carbocycles. The molecule has 0 heterocycles. The number of carbonyl (C=O) groups excluding carboxylic acids is 1. The second-order valence-corrected chi connectivity index (χ2v) is 5.81. The monoisotopic (exact) mass is 332 g/mol. The number of aryl methyl sites for hydroxylation is 2. The van der Waals surface area contributed by atoms with E-state index < -0.39 is 0 Å². The van der Waals surface area contributed by atoms with E-state index in [9.17, 15) is 4.79 Å². The van der Waals surface area contributed by atoms with E-state index in [4.69, 9.17) is 5.73 Å². The van der Waals surface area contributed by atoms with Crippen LogP contribution < -0.4 is 11.1 Å². The van der Waals surface area contributed by atoms with Gasteiger partial charge in [0.25, 0.3) is 0 Å². The standard InChI is InChI=1S/C16H17BrN2O/c1-10-7-11(2)16(14(18)8-10)19-15(20)9-12-3-5-13(17)6-4-12/h3-8H,9,18H2,1-2H3,(H,19,20). The summed E-state index contributed by atoms with van der Waals surface area (Å²) in [6.45, 7) is 3.93. The molecule has 20 heavy (non-hydrogen) atoms. The molecule has 2 rings (SSSR count). The van der Waals surface area contributed by atoms with E-state index in [2.05, 4.69) is 21.2 Å². The summed E-state index contributed by atoms with van der Waals surface area (Å²) >= 11 is 3.37. The van der Waals surface area contributed by atoms with Crippen molar-refractivity contribution in [3.63, 3.8) is 0 Å². The van der Waals surface area contributed by atoms with Gasteiger partial charge in [0.1, 0.15) is 0 Å². The maximum absolute atomic E-state index is 12.1. The van der Waals surface area contributed by atoms with E-state index in [1.54, 1.807) is 0 Å². The van der Waals surface area contributed by atoms with Gasteiger partial charge < -0.3 is 11.1 Å². The Morgan fingerprint density at radius 3 is 2.45 bits per heavy atom. The Morgan fingerprint density at radius 2 is 1.85 bits per heavy atom. The zero-order valence-corrected chi connectivity index (χ0v) is 13.1. The second-order valence-electron chi connectivity index (χ2n) is 4.90. The minimum Gasteiger partial charge on any atom is -0.397 e. The van der Waals surface area contributed by atoms with Crippen molar-refractivity contribution in [2.24, 2.45) is 0 Å². The third kappa shape index (κ3) is 3.61. The fraction of sp³-hybridized carbons (Fsp3) is 0.188. The molecule has 1 amide bonds. The molecule has 2 aromatic rings. The molecule has 2 aromatic carbocycles. The van der Waals surface area contributed by atoms with Gasteiger partial charge in [-0.25, -0.2) is 0 Å². The Morgan fingerprint density at radius 1 is 1.20 bits per heavy atom. The highest BCUT2D eigenvalue weighted by molar-refractivity contribution is 9.10. The molecular weight excluding hydrogens is 316 g/mol. The van der Waals surface area contributed by atoms with Crippen LogP contribution in [0.4, 0.5) is 11.4 Å². The molecule has 0 spiro atoms. The molecule has 0 aliphatic rings. The van der Waals surface area contributed by atoms with Gasteiger partial charge in [-0.15, -0.1) is 0 Å².